The summed E-state index contributed by atoms with van der Waals surface area (Å²) in [5, 5.41) is 0. The molecule has 5 rings (SSSR count). The topological polar surface area (TPSA) is 69.7 Å². The number of sulfonamides is 1. The van der Waals surface area contributed by atoms with Crippen molar-refractivity contribution in [1.82, 2.24) is 14.5 Å². The highest BCUT2D eigenvalue weighted by atomic mass is 32.2. The molecule has 9 heteroatoms. The van der Waals surface area contributed by atoms with Crippen LogP contribution < -0.4 is 4.72 Å². The molecule has 2 fully saturated rings. The van der Waals surface area contributed by atoms with Gasteiger partial charge in [-0.2, -0.15) is 0 Å². The van der Waals surface area contributed by atoms with Gasteiger partial charge in [-0.15, -0.1) is 0 Å². The fraction of sp³-hybridized carbons (Fsp3) is 0.464. The summed E-state index contributed by atoms with van der Waals surface area (Å²) in [5.74, 6) is -0.0937. The summed E-state index contributed by atoms with van der Waals surface area (Å²) in [6.07, 6.45) is 6.14. The Hall–Kier alpha value is -2.62. The second kappa shape index (κ2) is 13.8. The first kappa shape index (κ1) is 28.9. The van der Waals surface area contributed by atoms with E-state index in [1.165, 1.54) is 19.3 Å². The van der Waals surface area contributed by atoms with Crippen LogP contribution in [-0.2, 0) is 14.8 Å². The Bertz CT molecular complexity index is 1150. The summed E-state index contributed by atoms with van der Waals surface area (Å²) in [6, 6.07) is 12.6. The van der Waals surface area contributed by atoms with Gasteiger partial charge in [0.25, 0.3) is 0 Å². The van der Waals surface area contributed by atoms with Gasteiger partial charge in [0, 0.05) is 25.2 Å². The summed E-state index contributed by atoms with van der Waals surface area (Å²) in [5.41, 5.74) is 1.77. The molecule has 2 heterocycles. The highest BCUT2D eigenvalue weighted by Crippen LogP contribution is 2.34. The van der Waals surface area contributed by atoms with Crippen LogP contribution in [0.15, 0.2) is 54.6 Å². The van der Waals surface area contributed by atoms with E-state index in [0.717, 1.165) is 43.3 Å². The predicted octanol–water partition coefficient (Wildman–Crippen LogP) is 4.61. The maximum absolute atomic E-state index is 13.9. The van der Waals surface area contributed by atoms with Gasteiger partial charge in [-0.05, 0) is 67.6 Å². The summed E-state index contributed by atoms with van der Waals surface area (Å²) in [6.45, 7) is 7.75. The van der Waals surface area contributed by atoms with Crippen LogP contribution in [0.25, 0.3) is 5.57 Å². The molecule has 202 valence electrons. The lowest BCUT2D eigenvalue weighted by Gasteiger charge is -2.30. The molecule has 1 aliphatic carbocycles. The number of carbonyl (C=O) groups excluding carboxylic acids is 1. The van der Waals surface area contributed by atoms with E-state index in [2.05, 4.69) is 9.62 Å². The van der Waals surface area contributed by atoms with E-state index in [-0.39, 0.29) is 23.9 Å². The van der Waals surface area contributed by atoms with Crippen molar-refractivity contribution >= 4 is 22.0 Å². The highest BCUT2D eigenvalue weighted by molar-refractivity contribution is 7.89. The average Bonchev–Trinajstić information content (AvgIpc) is 3.62. The van der Waals surface area contributed by atoms with Gasteiger partial charge in [-0.25, -0.2) is 21.9 Å². The number of nitrogens with one attached hydrogen (secondary N) is 1. The largest absolute Gasteiger partial charge is 0.330 e. The highest BCUT2D eigenvalue weighted by Gasteiger charge is 2.27. The second-order valence-corrected chi connectivity index (χ2v) is 11.2. The Kier molecular flexibility index (Phi) is 10.8. The SMILES string of the molecule is CC.O=CN1CC(c2cc(F)ccc2F)=C[C@H]1c1ccccc1.O=S(=O)(CCN1CCC1)NCC1CC1. The molecule has 0 spiro atoms. The Morgan fingerprint density at radius 1 is 1.05 bits per heavy atom. The van der Waals surface area contributed by atoms with E-state index in [1.54, 1.807) is 4.90 Å². The molecule has 1 amide bonds. The third-order valence-electron chi connectivity index (χ3n) is 6.53. The van der Waals surface area contributed by atoms with Crippen molar-refractivity contribution in [2.75, 3.05) is 38.5 Å². The molecule has 1 saturated carbocycles. The van der Waals surface area contributed by atoms with Crippen molar-refractivity contribution < 1.29 is 22.0 Å². The number of amides is 1. The molecular weight excluding hydrogens is 496 g/mol. The molecule has 6 nitrogen and oxygen atoms in total. The van der Waals surface area contributed by atoms with E-state index in [4.69, 9.17) is 0 Å². The quantitative estimate of drug-likeness (QED) is 0.478. The van der Waals surface area contributed by atoms with Crippen LogP contribution in [-0.4, -0.2) is 63.1 Å². The van der Waals surface area contributed by atoms with Crippen molar-refractivity contribution in [1.29, 1.82) is 0 Å². The molecule has 0 bridgehead atoms. The first-order valence-electron chi connectivity index (χ1n) is 13.0. The van der Waals surface area contributed by atoms with Gasteiger partial charge in [-0.3, -0.25) is 4.79 Å². The van der Waals surface area contributed by atoms with Crippen molar-refractivity contribution in [3.05, 3.63) is 77.4 Å². The van der Waals surface area contributed by atoms with Crippen LogP contribution in [0.3, 0.4) is 0 Å². The Labute approximate surface area is 219 Å². The first-order valence-corrected chi connectivity index (χ1v) is 14.6. The number of carbonyl (C=O) groups is 1. The van der Waals surface area contributed by atoms with E-state index in [1.807, 2.05) is 50.3 Å². The van der Waals surface area contributed by atoms with Crippen molar-refractivity contribution in [2.24, 2.45) is 5.92 Å². The Morgan fingerprint density at radius 2 is 1.76 bits per heavy atom. The summed E-state index contributed by atoms with van der Waals surface area (Å²) >= 11 is 0. The van der Waals surface area contributed by atoms with Gasteiger partial charge in [0.2, 0.25) is 16.4 Å². The van der Waals surface area contributed by atoms with E-state index < -0.39 is 21.7 Å². The third kappa shape index (κ3) is 8.72. The monoisotopic (exact) mass is 533 g/mol. The number of hydrogen-bond acceptors (Lipinski definition) is 4. The number of halogens is 2. The van der Waals surface area contributed by atoms with Gasteiger partial charge in [-0.1, -0.05) is 50.3 Å². The summed E-state index contributed by atoms with van der Waals surface area (Å²) in [7, 11) is -3.00. The van der Waals surface area contributed by atoms with Gasteiger partial charge < -0.3 is 9.80 Å². The van der Waals surface area contributed by atoms with E-state index in [9.17, 15) is 22.0 Å². The molecule has 2 aromatic rings. The summed E-state index contributed by atoms with van der Waals surface area (Å²) in [4.78, 5) is 15.0. The lowest BCUT2D eigenvalue weighted by molar-refractivity contribution is -0.118. The second-order valence-electron chi connectivity index (χ2n) is 9.26. The number of hydrogen-bond donors (Lipinski definition) is 1. The molecular formula is C28H37F2N3O3S. The minimum absolute atomic E-state index is 0.209. The Morgan fingerprint density at radius 3 is 2.35 bits per heavy atom. The standard InChI is InChI=1S/C17H13F2NO.C9H18N2O2S.C2H6/c18-14-6-7-16(19)15(9-14)13-8-17(20(10-13)11-21)12-4-2-1-3-5-12;12-14(13,10-8-9-2-3-9)7-6-11-4-1-5-11;1-2/h1-9,11,17H,10H2;9-10H,1-8H2;1-2H3/t17-;;/m0../s1. The number of benzene rings is 2. The first-order chi connectivity index (χ1) is 17.8. The van der Waals surface area contributed by atoms with Crippen molar-refractivity contribution in [3.63, 3.8) is 0 Å². The van der Waals surface area contributed by atoms with Gasteiger partial charge in [0.1, 0.15) is 11.6 Å². The lowest BCUT2D eigenvalue weighted by Crippen LogP contribution is -2.42. The van der Waals surface area contributed by atoms with Gasteiger partial charge >= 0.3 is 0 Å². The summed E-state index contributed by atoms with van der Waals surface area (Å²) < 4.78 is 52.8. The molecule has 2 aromatic carbocycles. The van der Waals surface area contributed by atoms with Gasteiger partial charge in [0.05, 0.1) is 11.8 Å². The van der Waals surface area contributed by atoms with E-state index in [0.29, 0.717) is 24.6 Å². The molecule has 1 saturated heterocycles. The number of nitrogens with zero attached hydrogens (tertiary/aromatic N) is 2. The predicted molar refractivity (Wildman–Crippen MR) is 143 cm³/mol. The molecule has 1 atom stereocenters. The van der Waals surface area contributed by atoms with Crippen molar-refractivity contribution in [3.8, 4) is 0 Å². The minimum atomic E-state index is -3.00. The van der Waals surface area contributed by atoms with Crippen LogP contribution in [0, 0.1) is 17.6 Å². The molecule has 0 aromatic heterocycles. The molecule has 37 heavy (non-hydrogen) atoms. The van der Waals surface area contributed by atoms with Gasteiger partial charge in [0.15, 0.2) is 0 Å². The normalized spacial score (nSPS) is 19.1. The van der Waals surface area contributed by atoms with Crippen LogP contribution >= 0.6 is 0 Å². The Balaban J connectivity index is 0.000000207. The zero-order valence-corrected chi connectivity index (χ0v) is 22.4. The molecule has 3 aliphatic rings. The lowest BCUT2D eigenvalue weighted by atomic mass is 10.0. The van der Waals surface area contributed by atoms with Crippen LogP contribution in [0.5, 0.6) is 0 Å². The van der Waals surface area contributed by atoms with Crippen LogP contribution in [0.2, 0.25) is 0 Å². The van der Waals surface area contributed by atoms with E-state index >= 15 is 0 Å². The third-order valence-corrected chi connectivity index (χ3v) is 7.86. The van der Waals surface area contributed by atoms with Crippen LogP contribution in [0.1, 0.15) is 50.3 Å². The fourth-order valence-corrected chi connectivity index (χ4v) is 5.22. The molecule has 1 N–H and O–H groups in total. The zero-order chi connectivity index (χ0) is 26.8. The minimum Gasteiger partial charge on any atom is -0.330 e. The maximum Gasteiger partial charge on any atom is 0.212 e. The molecule has 0 radical (unpaired) electrons. The zero-order valence-electron chi connectivity index (χ0n) is 21.6. The number of likely N-dealkylation sites (tertiary alicyclic amines) is 1. The maximum atomic E-state index is 13.9. The average molecular weight is 534 g/mol. The van der Waals surface area contributed by atoms with Crippen LogP contribution in [0.4, 0.5) is 8.78 Å². The number of rotatable bonds is 9. The van der Waals surface area contributed by atoms with Crippen molar-refractivity contribution in [2.45, 2.75) is 39.2 Å². The fourth-order valence-electron chi connectivity index (χ4n) is 4.09. The smallest absolute Gasteiger partial charge is 0.212 e. The molecule has 0 unspecified atom stereocenters. The molecule has 2 aliphatic heterocycles.